The fraction of sp³-hybridized carbons (Fsp3) is 0.240. The average Bonchev–Trinajstić information content (AvgIpc) is 2.88. The topological polar surface area (TPSA) is 83.1 Å². The van der Waals surface area contributed by atoms with Crippen LogP contribution in [0.1, 0.15) is 24.5 Å². The lowest BCUT2D eigenvalue weighted by Crippen LogP contribution is -2.24. The van der Waals surface area contributed by atoms with Crippen molar-refractivity contribution in [1.82, 2.24) is 0 Å². The highest BCUT2D eigenvalue weighted by Crippen LogP contribution is 2.42. The van der Waals surface area contributed by atoms with E-state index < -0.39 is 11.4 Å². The van der Waals surface area contributed by atoms with E-state index >= 15 is 0 Å². The first-order valence-corrected chi connectivity index (χ1v) is 9.76. The van der Waals surface area contributed by atoms with Crippen LogP contribution in [-0.4, -0.2) is 25.8 Å². The number of carbonyl (C=O) groups is 1. The number of nitrogens with zero attached hydrogens (tertiary/aromatic N) is 2. The number of rotatable bonds is 4. The molecule has 2 aromatic rings. The quantitative estimate of drug-likeness (QED) is 0.706. The Labute approximate surface area is 176 Å². The minimum atomic E-state index is -1.56. The number of allylic oxidation sites excluding steroid dienone is 2. The van der Waals surface area contributed by atoms with E-state index in [9.17, 15) is 15.3 Å². The van der Waals surface area contributed by atoms with Crippen molar-refractivity contribution in [2.24, 2.45) is 5.41 Å². The maximum absolute atomic E-state index is 12.8. The molecular weight excluding hydrogens is 376 g/mol. The van der Waals surface area contributed by atoms with Crippen molar-refractivity contribution in [3.05, 3.63) is 83.4 Å². The van der Waals surface area contributed by atoms with Crippen molar-refractivity contribution in [3.8, 4) is 12.1 Å². The van der Waals surface area contributed by atoms with Crippen LogP contribution in [0.2, 0.25) is 0 Å². The Hall–Kier alpha value is -3.67. The van der Waals surface area contributed by atoms with Crippen LogP contribution in [0, 0.1) is 28.1 Å². The summed E-state index contributed by atoms with van der Waals surface area (Å²) < 4.78 is 11.1. The van der Waals surface area contributed by atoms with Crippen molar-refractivity contribution in [3.63, 3.8) is 0 Å². The van der Waals surface area contributed by atoms with Crippen LogP contribution in [0.15, 0.2) is 72.3 Å². The third-order valence-corrected chi connectivity index (χ3v) is 5.00. The molecule has 0 radical (unpaired) electrons. The lowest BCUT2D eigenvalue weighted by molar-refractivity contribution is -0.139. The zero-order chi connectivity index (χ0) is 21.4. The molecular formula is C25H22N2O3. The average molecular weight is 398 g/mol. The fourth-order valence-corrected chi connectivity index (χ4v) is 3.52. The van der Waals surface area contributed by atoms with Crippen LogP contribution in [0.25, 0.3) is 11.1 Å². The summed E-state index contributed by atoms with van der Waals surface area (Å²) in [6.07, 6.45) is 1.99. The number of benzene rings is 2. The third-order valence-electron chi connectivity index (χ3n) is 5.00. The molecule has 0 saturated carbocycles. The standard InChI is InChI=1S/C25H22N2O3/c1-2-30-24(28)22-16-29-15-21(19-9-5-3-6-10-19)13-14-25(17-26,18-27)23(22)20-11-7-4-8-12-20/h3-13H,2,14-16H2,1H3/b21-13+,23-22+. The normalized spacial score (nSPS) is 20.3. The summed E-state index contributed by atoms with van der Waals surface area (Å²) >= 11 is 0. The lowest BCUT2D eigenvalue weighted by atomic mass is 9.74. The van der Waals surface area contributed by atoms with Gasteiger partial charge in [0.1, 0.15) is 0 Å². The maximum atomic E-state index is 12.8. The molecule has 0 spiro atoms. The predicted molar refractivity (Wildman–Crippen MR) is 114 cm³/mol. The first-order chi connectivity index (χ1) is 14.6. The fourth-order valence-electron chi connectivity index (χ4n) is 3.52. The molecule has 0 atom stereocenters. The second-order valence-corrected chi connectivity index (χ2v) is 6.86. The zero-order valence-corrected chi connectivity index (χ0v) is 16.8. The molecule has 5 heteroatoms. The molecule has 5 nitrogen and oxygen atoms in total. The lowest BCUT2D eigenvalue weighted by Gasteiger charge is -2.24. The van der Waals surface area contributed by atoms with Gasteiger partial charge < -0.3 is 9.47 Å². The minimum Gasteiger partial charge on any atom is -0.463 e. The molecule has 0 bridgehead atoms. The molecule has 0 amide bonds. The van der Waals surface area contributed by atoms with Gasteiger partial charge in [-0.05, 0) is 23.6 Å². The summed E-state index contributed by atoms with van der Waals surface area (Å²) in [6.45, 7) is 2.10. The molecule has 1 aliphatic rings. The number of ether oxygens (including phenoxy) is 2. The van der Waals surface area contributed by atoms with Gasteiger partial charge in [0.2, 0.25) is 0 Å². The van der Waals surface area contributed by atoms with Crippen molar-refractivity contribution in [2.75, 3.05) is 19.8 Å². The van der Waals surface area contributed by atoms with Gasteiger partial charge in [-0.2, -0.15) is 10.5 Å². The molecule has 150 valence electrons. The van der Waals surface area contributed by atoms with Gasteiger partial charge in [-0.15, -0.1) is 0 Å². The first-order valence-electron chi connectivity index (χ1n) is 9.76. The highest BCUT2D eigenvalue weighted by Gasteiger charge is 2.39. The van der Waals surface area contributed by atoms with E-state index in [2.05, 4.69) is 12.1 Å². The van der Waals surface area contributed by atoms with Gasteiger partial charge in [0.25, 0.3) is 0 Å². The smallest absolute Gasteiger partial charge is 0.336 e. The number of hydrogen-bond acceptors (Lipinski definition) is 5. The van der Waals surface area contributed by atoms with E-state index in [0.29, 0.717) is 11.1 Å². The summed E-state index contributed by atoms with van der Waals surface area (Å²) in [5, 5.41) is 20.3. The predicted octanol–water partition coefficient (Wildman–Crippen LogP) is 4.54. The van der Waals surface area contributed by atoms with Gasteiger partial charge in [-0.25, -0.2) is 4.79 Å². The van der Waals surface area contributed by atoms with E-state index in [-0.39, 0.29) is 31.8 Å². The van der Waals surface area contributed by atoms with Crippen molar-refractivity contribution >= 4 is 17.1 Å². The van der Waals surface area contributed by atoms with Crippen LogP contribution in [0.5, 0.6) is 0 Å². The second kappa shape index (κ2) is 9.69. The van der Waals surface area contributed by atoms with E-state index in [1.165, 1.54) is 0 Å². The van der Waals surface area contributed by atoms with Crippen molar-refractivity contribution < 1.29 is 14.3 Å². The van der Waals surface area contributed by atoms with Crippen LogP contribution in [0.4, 0.5) is 0 Å². The Morgan fingerprint density at radius 2 is 1.60 bits per heavy atom. The molecule has 2 aromatic carbocycles. The molecule has 0 N–H and O–H groups in total. The number of hydrogen-bond donors (Lipinski definition) is 0. The van der Waals surface area contributed by atoms with Gasteiger partial charge >= 0.3 is 5.97 Å². The summed E-state index contributed by atoms with van der Waals surface area (Å²) in [4.78, 5) is 12.8. The summed E-state index contributed by atoms with van der Waals surface area (Å²) in [6, 6.07) is 23.1. The van der Waals surface area contributed by atoms with Crippen LogP contribution >= 0.6 is 0 Å². The van der Waals surface area contributed by atoms with Crippen LogP contribution in [-0.2, 0) is 14.3 Å². The maximum Gasteiger partial charge on any atom is 0.336 e. The monoisotopic (exact) mass is 398 g/mol. The molecule has 1 heterocycles. The molecule has 3 rings (SSSR count). The van der Waals surface area contributed by atoms with Crippen LogP contribution < -0.4 is 0 Å². The number of nitriles is 2. The zero-order valence-electron chi connectivity index (χ0n) is 16.8. The number of carbonyl (C=O) groups excluding carboxylic acids is 1. The molecule has 30 heavy (non-hydrogen) atoms. The van der Waals surface area contributed by atoms with E-state index in [1.807, 2.05) is 54.6 Å². The van der Waals surface area contributed by atoms with Gasteiger partial charge in [0.05, 0.1) is 37.5 Å². The number of esters is 1. The largest absolute Gasteiger partial charge is 0.463 e. The molecule has 1 aliphatic heterocycles. The van der Waals surface area contributed by atoms with Gasteiger partial charge in [-0.1, -0.05) is 66.7 Å². The first kappa shape index (κ1) is 21.0. The van der Waals surface area contributed by atoms with Gasteiger partial charge in [0, 0.05) is 12.0 Å². The van der Waals surface area contributed by atoms with Crippen molar-refractivity contribution in [2.45, 2.75) is 13.3 Å². The highest BCUT2D eigenvalue weighted by molar-refractivity contribution is 6.00. The Morgan fingerprint density at radius 3 is 2.17 bits per heavy atom. The molecule has 0 fully saturated rings. The summed E-state index contributed by atoms with van der Waals surface area (Å²) in [5.41, 5.74) is 1.43. The molecule has 0 unspecified atom stereocenters. The summed E-state index contributed by atoms with van der Waals surface area (Å²) in [7, 11) is 0. The van der Waals surface area contributed by atoms with E-state index in [4.69, 9.17) is 9.47 Å². The van der Waals surface area contributed by atoms with Gasteiger partial charge in [-0.3, -0.25) is 0 Å². The Bertz CT molecular complexity index is 1030. The minimum absolute atomic E-state index is 0.0572. The van der Waals surface area contributed by atoms with E-state index in [1.54, 1.807) is 19.1 Å². The highest BCUT2D eigenvalue weighted by atomic mass is 16.5. The van der Waals surface area contributed by atoms with Crippen molar-refractivity contribution in [1.29, 1.82) is 10.5 Å². The molecule has 0 aromatic heterocycles. The SMILES string of the molecule is CCOC(=O)/C1=C(\c2ccccc2)C(C#N)(C#N)C/C=C(/c2ccccc2)COC1. The van der Waals surface area contributed by atoms with E-state index in [0.717, 1.165) is 11.1 Å². The molecule has 0 aliphatic carbocycles. The Kier molecular flexibility index (Phi) is 6.80. The van der Waals surface area contributed by atoms with Gasteiger partial charge in [0.15, 0.2) is 5.41 Å². The third kappa shape index (κ3) is 4.33. The second-order valence-electron chi connectivity index (χ2n) is 6.86. The Morgan fingerprint density at radius 1 is 1.00 bits per heavy atom. The Balaban J connectivity index is 2.20. The van der Waals surface area contributed by atoms with Crippen LogP contribution in [0.3, 0.4) is 0 Å². The molecule has 0 saturated heterocycles. The summed E-state index contributed by atoms with van der Waals surface area (Å²) in [5.74, 6) is -0.575.